The highest BCUT2D eigenvalue weighted by atomic mass is 16.1. The van der Waals surface area contributed by atoms with Crippen molar-refractivity contribution >= 4 is 0 Å². The van der Waals surface area contributed by atoms with E-state index in [1.54, 1.807) is 10.6 Å². The largest absolute Gasteiger partial charge is 0.315 e. The summed E-state index contributed by atoms with van der Waals surface area (Å²) in [4.78, 5) is 16.3. The molecule has 1 atom stereocenters. The van der Waals surface area contributed by atoms with Crippen molar-refractivity contribution < 1.29 is 0 Å². The fraction of sp³-hybridized carbons (Fsp3) is 0.692. The van der Waals surface area contributed by atoms with Gasteiger partial charge in [0.1, 0.15) is 5.82 Å². The summed E-state index contributed by atoms with van der Waals surface area (Å²) in [6.45, 7) is 10.9. The molecule has 1 rings (SSSR count). The second-order valence-corrected chi connectivity index (χ2v) is 5.60. The van der Waals surface area contributed by atoms with Crippen molar-refractivity contribution in [2.45, 2.75) is 47.2 Å². The van der Waals surface area contributed by atoms with Gasteiger partial charge in [0.15, 0.2) is 0 Å². The second-order valence-electron chi connectivity index (χ2n) is 5.60. The minimum absolute atomic E-state index is 0.0273. The Labute approximate surface area is 103 Å². The Hall–Kier alpha value is -1.16. The van der Waals surface area contributed by atoms with Crippen LogP contribution in [0.3, 0.4) is 0 Å². The molecule has 17 heavy (non-hydrogen) atoms. The first-order chi connectivity index (χ1) is 7.75. The van der Waals surface area contributed by atoms with Crippen LogP contribution >= 0.6 is 0 Å². The summed E-state index contributed by atoms with van der Waals surface area (Å²) in [7, 11) is 1.93. The maximum Gasteiger partial charge on any atom is 0.253 e. The van der Waals surface area contributed by atoms with Crippen molar-refractivity contribution in [3.63, 3.8) is 0 Å². The van der Waals surface area contributed by atoms with Gasteiger partial charge < -0.3 is 5.32 Å². The molecule has 0 saturated carbocycles. The van der Waals surface area contributed by atoms with Crippen LogP contribution in [0.25, 0.3) is 0 Å². The minimum atomic E-state index is 0.0273. The maximum atomic E-state index is 11.9. The summed E-state index contributed by atoms with van der Waals surface area (Å²) in [6, 6.07) is 1.82. The molecule has 0 aromatic carbocycles. The number of hydrogen-bond donors (Lipinski definition) is 1. The quantitative estimate of drug-likeness (QED) is 0.866. The highest BCUT2D eigenvalue weighted by Gasteiger charge is 2.24. The number of nitrogens with zero attached hydrogens (tertiary/aromatic N) is 2. The standard InChI is InChI=1S/C13H23N3O/c1-9-7-12(17)16(10(2)15-9)8-11(14-6)13(3,4)5/h7,11,14H,8H2,1-6H3. The van der Waals surface area contributed by atoms with Gasteiger partial charge in [-0.15, -0.1) is 0 Å². The van der Waals surface area contributed by atoms with Crippen molar-refractivity contribution in [2.24, 2.45) is 5.41 Å². The van der Waals surface area contributed by atoms with Crippen LogP contribution in [-0.4, -0.2) is 22.6 Å². The van der Waals surface area contributed by atoms with Crippen molar-refractivity contribution in [1.29, 1.82) is 0 Å². The highest BCUT2D eigenvalue weighted by molar-refractivity contribution is 5.02. The Kier molecular flexibility index (Phi) is 4.09. The van der Waals surface area contributed by atoms with Gasteiger partial charge in [-0.05, 0) is 26.3 Å². The molecule has 0 radical (unpaired) electrons. The molecule has 4 heteroatoms. The average molecular weight is 237 g/mol. The fourth-order valence-electron chi connectivity index (χ4n) is 1.97. The number of aromatic nitrogens is 2. The molecule has 0 spiro atoms. The van der Waals surface area contributed by atoms with Crippen LogP contribution in [0, 0.1) is 19.3 Å². The third-order valence-corrected chi connectivity index (χ3v) is 3.09. The van der Waals surface area contributed by atoms with E-state index < -0.39 is 0 Å². The van der Waals surface area contributed by atoms with E-state index in [1.165, 1.54) is 0 Å². The van der Waals surface area contributed by atoms with Gasteiger partial charge in [0.2, 0.25) is 0 Å². The van der Waals surface area contributed by atoms with Crippen LogP contribution in [0.15, 0.2) is 10.9 Å². The molecule has 0 aliphatic rings. The van der Waals surface area contributed by atoms with Gasteiger partial charge >= 0.3 is 0 Å². The van der Waals surface area contributed by atoms with Crippen LogP contribution in [0.4, 0.5) is 0 Å². The number of nitrogens with one attached hydrogen (secondary N) is 1. The van der Waals surface area contributed by atoms with Gasteiger partial charge in [-0.2, -0.15) is 0 Å². The zero-order valence-corrected chi connectivity index (χ0v) is 11.7. The highest BCUT2D eigenvalue weighted by Crippen LogP contribution is 2.20. The monoisotopic (exact) mass is 237 g/mol. The molecule has 1 aromatic rings. The molecule has 0 aliphatic carbocycles. The molecule has 1 unspecified atom stereocenters. The SMILES string of the molecule is CNC(Cn1c(C)nc(C)cc1=O)C(C)(C)C. The van der Waals surface area contributed by atoms with Crippen LogP contribution in [-0.2, 0) is 6.54 Å². The lowest BCUT2D eigenvalue weighted by atomic mass is 9.87. The van der Waals surface area contributed by atoms with Gasteiger partial charge in [-0.25, -0.2) is 4.98 Å². The van der Waals surface area contributed by atoms with Gasteiger partial charge in [0, 0.05) is 24.3 Å². The van der Waals surface area contributed by atoms with E-state index in [-0.39, 0.29) is 17.0 Å². The van der Waals surface area contributed by atoms with Gasteiger partial charge in [-0.1, -0.05) is 20.8 Å². The number of rotatable bonds is 3. The molecule has 0 saturated heterocycles. The van der Waals surface area contributed by atoms with Crippen molar-refractivity contribution in [3.05, 3.63) is 27.9 Å². The van der Waals surface area contributed by atoms with Crippen molar-refractivity contribution in [1.82, 2.24) is 14.9 Å². The molecule has 0 aliphatic heterocycles. The smallest absolute Gasteiger partial charge is 0.253 e. The molecule has 1 aromatic heterocycles. The zero-order chi connectivity index (χ0) is 13.2. The third kappa shape index (κ3) is 3.40. The van der Waals surface area contributed by atoms with Crippen LogP contribution in [0.1, 0.15) is 32.3 Å². The Morgan fingerprint density at radius 3 is 2.41 bits per heavy atom. The topological polar surface area (TPSA) is 46.9 Å². The summed E-state index contributed by atoms with van der Waals surface area (Å²) in [5, 5.41) is 3.27. The van der Waals surface area contributed by atoms with Crippen molar-refractivity contribution in [2.75, 3.05) is 7.05 Å². The Bertz CT molecular complexity index is 443. The van der Waals surface area contributed by atoms with Crippen molar-refractivity contribution in [3.8, 4) is 0 Å². The predicted molar refractivity (Wildman–Crippen MR) is 70.3 cm³/mol. The van der Waals surface area contributed by atoms with Crippen LogP contribution < -0.4 is 10.9 Å². The molecule has 0 bridgehead atoms. The van der Waals surface area contributed by atoms with Crippen LogP contribution in [0.2, 0.25) is 0 Å². The van der Waals surface area contributed by atoms with Gasteiger partial charge in [-0.3, -0.25) is 9.36 Å². The van der Waals surface area contributed by atoms with E-state index in [1.807, 2.05) is 20.9 Å². The molecule has 96 valence electrons. The third-order valence-electron chi connectivity index (χ3n) is 3.09. The lowest BCUT2D eigenvalue weighted by Crippen LogP contribution is -2.44. The summed E-state index contributed by atoms with van der Waals surface area (Å²) in [5.41, 5.74) is 0.908. The normalized spacial score (nSPS) is 13.8. The second kappa shape index (κ2) is 5.00. The Balaban J connectivity index is 3.07. The molecule has 0 amide bonds. The summed E-state index contributed by atoms with van der Waals surface area (Å²) in [5.74, 6) is 0.777. The van der Waals surface area contributed by atoms with Gasteiger partial charge in [0.25, 0.3) is 5.56 Å². The zero-order valence-electron chi connectivity index (χ0n) is 11.7. The predicted octanol–water partition coefficient (Wildman–Crippen LogP) is 1.49. The van der Waals surface area contributed by atoms with E-state index >= 15 is 0 Å². The van der Waals surface area contributed by atoms with E-state index in [9.17, 15) is 4.79 Å². The number of aryl methyl sites for hydroxylation is 2. The van der Waals surface area contributed by atoms with Gasteiger partial charge in [0.05, 0.1) is 0 Å². The molecule has 0 fully saturated rings. The average Bonchev–Trinajstić information content (AvgIpc) is 2.14. The molecular formula is C13H23N3O. The first-order valence-corrected chi connectivity index (χ1v) is 5.98. The maximum absolute atomic E-state index is 11.9. The summed E-state index contributed by atoms with van der Waals surface area (Å²) in [6.07, 6.45) is 0. The lowest BCUT2D eigenvalue weighted by molar-refractivity contribution is 0.250. The molecule has 1 N–H and O–H groups in total. The van der Waals surface area contributed by atoms with Crippen LogP contribution in [0.5, 0.6) is 0 Å². The fourth-order valence-corrected chi connectivity index (χ4v) is 1.97. The summed E-state index contributed by atoms with van der Waals surface area (Å²) < 4.78 is 1.74. The van der Waals surface area contributed by atoms with E-state index in [0.717, 1.165) is 11.5 Å². The first-order valence-electron chi connectivity index (χ1n) is 5.98. The number of hydrogen-bond acceptors (Lipinski definition) is 3. The summed E-state index contributed by atoms with van der Waals surface area (Å²) >= 11 is 0. The molecular weight excluding hydrogens is 214 g/mol. The lowest BCUT2D eigenvalue weighted by Gasteiger charge is -2.31. The van der Waals surface area contributed by atoms with E-state index in [4.69, 9.17) is 0 Å². The van der Waals surface area contributed by atoms with E-state index in [2.05, 4.69) is 31.1 Å². The van der Waals surface area contributed by atoms with E-state index in [0.29, 0.717) is 6.54 Å². The molecule has 1 heterocycles. The molecule has 4 nitrogen and oxygen atoms in total. The minimum Gasteiger partial charge on any atom is -0.315 e. The first kappa shape index (κ1) is 13.9. The Morgan fingerprint density at radius 2 is 2.00 bits per heavy atom. The Morgan fingerprint density at radius 1 is 1.41 bits per heavy atom. The number of likely N-dealkylation sites (N-methyl/N-ethyl adjacent to an activating group) is 1.